The van der Waals surface area contributed by atoms with Gasteiger partial charge in [-0.05, 0) is 18.6 Å². The summed E-state index contributed by atoms with van der Waals surface area (Å²) in [6.07, 6.45) is 1.44. The standard InChI is InChI=1S/C15H17N3O2/c1-2-12-17-13-10-6-3-4-7-11(10)20-14(13)15(18-12)16-8-5-9-19/h3-4,6-7,19H,2,5,8-9H2,1H3,(H,16,17,18). The van der Waals surface area contributed by atoms with Crippen LogP contribution in [0.15, 0.2) is 28.7 Å². The molecule has 0 saturated heterocycles. The lowest BCUT2D eigenvalue weighted by Crippen LogP contribution is -2.07. The molecule has 0 aliphatic carbocycles. The molecule has 20 heavy (non-hydrogen) atoms. The van der Waals surface area contributed by atoms with Crippen LogP contribution in [-0.4, -0.2) is 28.2 Å². The number of aryl methyl sites for hydroxylation is 1. The number of hydrogen-bond donors (Lipinski definition) is 2. The highest BCUT2D eigenvalue weighted by atomic mass is 16.3. The Morgan fingerprint density at radius 3 is 2.90 bits per heavy atom. The van der Waals surface area contributed by atoms with Gasteiger partial charge in [0, 0.05) is 25.0 Å². The van der Waals surface area contributed by atoms with E-state index in [1.165, 1.54) is 0 Å². The van der Waals surface area contributed by atoms with Crippen molar-refractivity contribution in [2.75, 3.05) is 18.5 Å². The molecule has 2 aromatic heterocycles. The van der Waals surface area contributed by atoms with Crippen LogP contribution < -0.4 is 5.32 Å². The van der Waals surface area contributed by atoms with Crippen LogP contribution in [0.3, 0.4) is 0 Å². The summed E-state index contributed by atoms with van der Waals surface area (Å²) in [5.41, 5.74) is 2.34. The van der Waals surface area contributed by atoms with Crippen LogP contribution in [0.2, 0.25) is 0 Å². The maximum absolute atomic E-state index is 8.88. The predicted molar refractivity (Wildman–Crippen MR) is 78.9 cm³/mol. The topological polar surface area (TPSA) is 71.2 Å². The molecule has 0 radical (unpaired) electrons. The second kappa shape index (κ2) is 5.46. The minimum absolute atomic E-state index is 0.155. The molecular weight excluding hydrogens is 254 g/mol. The number of benzene rings is 1. The van der Waals surface area contributed by atoms with E-state index in [4.69, 9.17) is 9.52 Å². The molecule has 0 atom stereocenters. The molecule has 5 nitrogen and oxygen atoms in total. The molecule has 5 heteroatoms. The summed E-state index contributed by atoms with van der Waals surface area (Å²) in [7, 11) is 0. The van der Waals surface area contributed by atoms with E-state index >= 15 is 0 Å². The number of aromatic nitrogens is 2. The van der Waals surface area contributed by atoms with Gasteiger partial charge < -0.3 is 14.8 Å². The van der Waals surface area contributed by atoms with Gasteiger partial charge in [-0.25, -0.2) is 9.97 Å². The van der Waals surface area contributed by atoms with Gasteiger partial charge in [-0.3, -0.25) is 0 Å². The minimum atomic E-state index is 0.155. The van der Waals surface area contributed by atoms with Crippen LogP contribution in [0.1, 0.15) is 19.2 Å². The van der Waals surface area contributed by atoms with Crippen LogP contribution >= 0.6 is 0 Å². The van der Waals surface area contributed by atoms with Crippen LogP contribution in [0.25, 0.3) is 22.1 Å². The maximum atomic E-state index is 8.88. The average molecular weight is 271 g/mol. The van der Waals surface area contributed by atoms with Crippen molar-refractivity contribution in [3.63, 3.8) is 0 Å². The summed E-state index contributed by atoms with van der Waals surface area (Å²) in [6.45, 7) is 2.84. The van der Waals surface area contributed by atoms with E-state index in [-0.39, 0.29) is 6.61 Å². The zero-order chi connectivity index (χ0) is 13.9. The molecule has 0 fully saturated rings. The lowest BCUT2D eigenvalue weighted by Gasteiger charge is -2.06. The number of fused-ring (bicyclic) bond motifs is 3. The number of hydrogen-bond acceptors (Lipinski definition) is 5. The molecule has 2 N–H and O–H groups in total. The Kier molecular flexibility index (Phi) is 3.52. The Hall–Kier alpha value is -2.14. The van der Waals surface area contributed by atoms with Crippen molar-refractivity contribution in [3.8, 4) is 0 Å². The van der Waals surface area contributed by atoms with Crippen molar-refractivity contribution in [2.45, 2.75) is 19.8 Å². The Bertz CT molecular complexity index is 736. The first kappa shape index (κ1) is 12.9. The highest BCUT2D eigenvalue weighted by Gasteiger charge is 2.14. The Balaban J connectivity index is 2.16. The van der Waals surface area contributed by atoms with Crippen molar-refractivity contribution in [3.05, 3.63) is 30.1 Å². The van der Waals surface area contributed by atoms with Crippen molar-refractivity contribution in [2.24, 2.45) is 0 Å². The zero-order valence-corrected chi connectivity index (χ0v) is 11.4. The van der Waals surface area contributed by atoms with Gasteiger partial charge in [-0.1, -0.05) is 19.1 Å². The molecule has 3 aromatic rings. The summed E-state index contributed by atoms with van der Waals surface area (Å²) < 4.78 is 5.86. The number of aliphatic hydroxyl groups is 1. The average Bonchev–Trinajstić information content (AvgIpc) is 2.86. The molecule has 0 spiro atoms. The van der Waals surface area contributed by atoms with Crippen LogP contribution in [0, 0.1) is 0 Å². The molecule has 0 saturated carbocycles. The molecule has 0 bridgehead atoms. The van der Waals surface area contributed by atoms with Gasteiger partial charge in [0.05, 0.1) is 0 Å². The third-order valence-electron chi connectivity index (χ3n) is 3.21. The molecule has 0 amide bonds. The van der Waals surface area contributed by atoms with Gasteiger partial charge in [0.25, 0.3) is 0 Å². The lowest BCUT2D eigenvalue weighted by molar-refractivity contribution is 0.292. The lowest BCUT2D eigenvalue weighted by atomic mass is 10.2. The van der Waals surface area contributed by atoms with Gasteiger partial charge >= 0.3 is 0 Å². The van der Waals surface area contributed by atoms with Gasteiger partial charge in [-0.2, -0.15) is 0 Å². The van der Waals surface area contributed by atoms with Gasteiger partial charge in [0.15, 0.2) is 11.4 Å². The first-order valence-corrected chi connectivity index (χ1v) is 6.86. The zero-order valence-electron chi connectivity index (χ0n) is 11.4. The first-order valence-electron chi connectivity index (χ1n) is 6.86. The minimum Gasteiger partial charge on any atom is -0.450 e. The third-order valence-corrected chi connectivity index (χ3v) is 3.21. The fraction of sp³-hybridized carbons (Fsp3) is 0.333. The van der Waals surface area contributed by atoms with Crippen LogP contribution in [0.5, 0.6) is 0 Å². The normalized spacial score (nSPS) is 11.3. The predicted octanol–water partition coefficient (Wildman–Crippen LogP) is 2.73. The second-order valence-electron chi connectivity index (χ2n) is 4.62. The fourth-order valence-electron chi connectivity index (χ4n) is 2.20. The Labute approximate surface area is 116 Å². The first-order chi connectivity index (χ1) is 9.83. The van der Waals surface area contributed by atoms with E-state index in [2.05, 4.69) is 15.3 Å². The van der Waals surface area contributed by atoms with E-state index in [0.29, 0.717) is 24.4 Å². The fourth-order valence-corrected chi connectivity index (χ4v) is 2.20. The van der Waals surface area contributed by atoms with Gasteiger partial charge in [0.2, 0.25) is 0 Å². The van der Waals surface area contributed by atoms with Crippen molar-refractivity contribution >= 4 is 27.9 Å². The van der Waals surface area contributed by atoms with E-state index in [1.807, 2.05) is 31.2 Å². The summed E-state index contributed by atoms with van der Waals surface area (Å²) >= 11 is 0. The molecule has 104 valence electrons. The monoisotopic (exact) mass is 271 g/mol. The van der Waals surface area contributed by atoms with E-state index < -0.39 is 0 Å². The van der Waals surface area contributed by atoms with Crippen LogP contribution in [-0.2, 0) is 6.42 Å². The SMILES string of the molecule is CCc1nc(NCCCO)c2oc3ccccc3c2n1. The molecule has 3 rings (SSSR count). The number of nitrogens with one attached hydrogen (secondary N) is 1. The van der Waals surface area contributed by atoms with Gasteiger partial charge in [0.1, 0.15) is 16.9 Å². The summed E-state index contributed by atoms with van der Waals surface area (Å²) in [6, 6.07) is 7.85. The van der Waals surface area contributed by atoms with Gasteiger partial charge in [-0.15, -0.1) is 0 Å². The summed E-state index contributed by atoms with van der Waals surface area (Å²) in [5.74, 6) is 1.49. The number of furan rings is 1. The van der Waals surface area contributed by atoms with E-state index in [1.54, 1.807) is 0 Å². The third kappa shape index (κ3) is 2.20. The highest BCUT2D eigenvalue weighted by Crippen LogP contribution is 2.31. The summed E-state index contributed by atoms with van der Waals surface area (Å²) in [5, 5.41) is 13.1. The molecule has 0 aliphatic heterocycles. The van der Waals surface area contributed by atoms with E-state index in [0.717, 1.165) is 28.7 Å². The largest absolute Gasteiger partial charge is 0.450 e. The Morgan fingerprint density at radius 2 is 2.10 bits per heavy atom. The second-order valence-corrected chi connectivity index (χ2v) is 4.62. The van der Waals surface area contributed by atoms with Crippen molar-refractivity contribution in [1.29, 1.82) is 0 Å². The van der Waals surface area contributed by atoms with Crippen molar-refractivity contribution in [1.82, 2.24) is 9.97 Å². The molecular formula is C15H17N3O2. The maximum Gasteiger partial charge on any atom is 0.196 e. The number of nitrogens with zero attached hydrogens (tertiary/aromatic N) is 2. The Morgan fingerprint density at radius 1 is 1.25 bits per heavy atom. The molecule has 0 unspecified atom stereocenters. The number of rotatable bonds is 5. The molecule has 0 aliphatic rings. The summed E-state index contributed by atoms with van der Waals surface area (Å²) in [4.78, 5) is 9.07. The number of para-hydroxylation sites is 1. The number of aliphatic hydroxyl groups excluding tert-OH is 1. The quantitative estimate of drug-likeness (QED) is 0.698. The number of anilines is 1. The molecule has 1 aromatic carbocycles. The van der Waals surface area contributed by atoms with Crippen molar-refractivity contribution < 1.29 is 9.52 Å². The molecule has 2 heterocycles. The van der Waals surface area contributed by atoms with Crippen LogP contribution in [0.4, 0.5) is 5.82 Å². The van der Waals surface area contributed by atoms with E-state index in [9.17, 15) is 0 Å². The smallest absolute Gasteiger partial charge is 0.196 e. The highest BCUT2D eigenvalue weighted by molar-refractivity contribution is 6.05.